The van der Waals surface area contributed by atoms with Crippen molar-refractivity contribution in [2.75, 3.05) is 0 Å². The monoisotopic (exact) mass is 546 g/mol. The molecule has 0 radical (unpaired) electrons. The molecule has 2 aromatic carbocycles. The van der Waals surface area contributed by atoms with E-state index in [0.29, 0.717) is 18.8 Å². The standard InChI is InChI=1S/C29H30F8O/c1-17-2-13-23(24(30)14-17)20-9-5-18(6-10-20)3-4-19-7-11-21(12-8-19)29(36,37)38-22-15-25(31)27(26(32)16-22)28(33,34)35/h2-4,13-16,18-21H,5-12H2,1H3/b4-3+. The van der Waals surface area contributed by atoms with Gasteiger partial charge in [-0.2, -0.15) is 22.0 Å². The van der Waals surface area contributed by atoms with Gasteiger partial charge in [-0.25, -0.2) is 13.2 Å². The fourth-order valence-electron chi connectivity index (χ4n) is 5.67. The predicted octanol–water partition coefficient (Wildman–Crippen LogP) is 9.74. The largest absolute Gasteiger partial charge is 0.432 e. The summed E-state index contributed by atoms with van der Waals surface area (Å²) in [6, 6.07) is 5.63. The Morgan fingerprint density at radius 3 is 1.74 bits per heavy atom. The van der Waals surface area contributed by atoms with Gasteiger partial charge in [0.2, 0.25) is 0 Å². The van der Waals surface area contributed by atoms with E-state index in [1.165, 1.54) is 0 Å². The van der Waals surface area contributed by atoms with Gasteiger partial charge < -0.3 is 4.74 Å². The molecule has 9 heteroatoms. The maximum absolute atomic E-state index is 14.7. The number of benzene rings is 2. The van der Waals surface area contributed by atoms with Gasteiger partial charge >= 0.3 is 12.3 Å². The van der Waals surface area contributed by atoms with Crippen LogP contribution in [0.3, 0.4) is 0 Å². The Morgan fingerprint density at radius 2 is 1.24 bits per heavy atom. The lowest BCUT2D eigenvalue weighted by Gasteiger charge is -2.33. The molecule has 0 aromatic heterocycles. The molecule has 4 rings (SSSR count). The summed E-state index contributed by atoms with van der Waals surface area (Å²) in [5.74, 6) is -5.71. The summed E-state index contributed by atoms with van der Waals surface area (Å²) >= 11 is 0. The highest BCUT2D eigenvalue weighted by Gasteiger charge is 2.45. The van der Waals surface area contributed by atoms with E-state index in [4.69, 9.17) is 0 Å². The van der Waals surface area contributed by atoms with Crippen molar-refractivity contribution in [3.63, 3.8) is 0 Å². The van der Waals surface area contributed by atoms with Gasteiger partial charge in [-0.15, -0.1) is 0 Å². The van der Waals surface area contributed by atoms with Crippen LogP contribution in [0.4, 0.5) is 35.1 Å². The van der Waals surface area contributed by atoms with Gasteiger partial charge in [0.15, 0.2) is 0 Å². The molecule has 0 bridgehead atoms. The van der Waals surface area contributed by atoms with Crippen molar-refractivity contribution in [3.05, 3.63) is 76.6 Å². The first-order chi connectivity index (χ1) is 17.8. The third-order valence-corrected chi connectivity index (χ3v) is 7.82. The molecule has 1 nitrogen and oxygen atoms in total. The number of ether oxygens (including phenoxy) is 1. The highest BCUT2D eigenvalue weighted by atomic mass is 19.4. The van der Waals surface area contributed by atoms with Crippen LogP contribution in [0, 0.1) is 42.1 Å². The number of aryl methyl sites for hydroxylation is 1. The van der Waals surface area contributed by atoms with Gasteiger partial charge in [-0.05, 0) is 93.2 Å². The highest BCUT2D eigenvalue weighted by molar-refractivity contribution is 5.32. The second-order valence-corrected chi connectivity index (χ2v) is 10.6. The molecule has 0 heterocycles. The molecule has 0 atom stereocenters. The summed E-state index contributed by atoms with van der Waals surface area (Å²) in [7, 11) is 0. The van der Waals surface area contributed by atoms with Crippen LogP contribution < -0.4 is 4.74 Å². The van der Waals surface area contributed by atoms with Gasteiger partial charge in [0, 0.05) is 12.1 Å². The second-order valence-electron chi connectivity index (χ2n) is 10.6. The molecule has 0 aliphatic heterocycles. The lowest BCUT2D eigenvalue weighted by molar-refractivity contribution is -0.223. The topological polar surface area (TPSA) is 9.23 Å². The van der Waals surface area contributed by atoms with E-state index in [1.54, 1.807) is 6.07 Å². The smallest absolute Gasteiger partial charge is 0.422 e. The zero-order valence-corrected chi connectivity index (χ0v) is 20.9. The molecule has 2 saturated carbocycles. The number of hydrogen-bond donors (Lipinski definition) is 0. The predicted molar refractivity (Wildman–Crippen MR) is 127 cm³/mol. The molecule has 2 aliphatic rings. The SMILES string of the molecule is Cc1ccc(C2CCC(/C=C/C3CCC(C(F)(F)Oc4cc(F)c(C(F)(F)F)c(F)c4)CC3)CC2)c(F)c1. The summed E-state index contributed by atoms with van der Waals surface area (Å²) in [6.07, 6.45) is -0.0999. The second kappa shape index (κ2) is 11.3. The first kappa shape index (κ1) is 28.4. The van der Waals surface area contributed by atoms with Gasteiger partial charge in [0.25, 0.3) is 0 Å². The van der Waals surface area contributed by atoms with Crippen molar-refractivity contribution < 1.29 is 39.9 Å². The molecule has 2 aromatic rings. The van der Waals surface area contributed by atoms with E-state index in [-0.39, 0.29) is 42.6 Å². The molecule has 0 spiro atoms. The van der Waals surface area contributed by atoms with Crippen molar-refractivity contribution >= 4 is 0 Å². The van der Waals surface area contributed by atoms with E-state index in [9.17, 15) is 35.1 Å². The van der Waals surface area contributed by atoms with Crippen LogP contribution in [-0.4, -0.2) is 6.11 Å². The Kier molecular flexibility index (Phi) is 8.43. The molecule has 0 saturated heterocycles. The minimum Gasteiger partial charge on any atom is -0.432 e. The number of halogens is 8. The fraction of sp³-hybridized carbons (Fsp3) is 0.517. The average Bonchev–Trinajstić information content (AvgIpc) is 2.82. The summed E-state index contributed by atoms with van der Waals surface area (Å²) in [4.78, 5) is 0. The van der Waals surface area contributed by atoms with E-state index in [2.05, 4.69) is 16.9 Å². The summed E-state index contributed by atoms with van der Waals surface area (Å²) in [5, 5.41) is 0. The maximum Gasteiger partial charge on any atom is 0.422 e. The third kappa shape index (κ3) is 6.70. The minimum atomic E-state index is -5.29. The quantitative estimate of drug-likeness (QED) is 0.259. The molecule has 2 aliphatic carbocycles. The molecular weight excluding hydrogens is 516 g/mol. The van der Waals surface area contributed by atoms with Crippen LogP contribution in [0.25, 0.3) is 0 Å². The van der Waals surface area contributed by atoms with Crippen molar-refractivity contribution in [3.8, 4) is 5.75 Å². The van der Waals surface area contributed by atoms with Crippen LogP contribution in [0.5, 0.6) is 5.75 Å². The van der Waals surface area contributed by atoms with Gasteiger partial charge in [-0.3, -0.25) is 0 Å². The van der Waals surface area contributed by atoms with E-state index < -0.39 is 41.2 Å². The molecule has 0 N–H and O–H groups in total. The molecule has 0 amide bonds. The van der Waals surface area contributed by atoms with Gasteiger partial charge in [-0.1, -0.05) is 24.3 Å². The van der Waals surface area contributed by atoms with Crippen LogP contribution in [-0.2, 0) is 6.18 Å². The summed E-state index contributed by atoms with van der Waals surface area (Å²) in [5.41, 5.74) is -0.484. The summed E-state index contributed by atoms with van der Waals surface area (Å²) in [6.45, 7) is 1.86. The molecule has 208 valence electrons. The van der Waals surface area contributed by atoms with Gasteiger partial charge in [0.1, 0.15) is 28.8 Å². The van der Waals surface area contributed by atoms with Crippen molar-refractivity contribution in [2.24, 2.45) is 17.8 Å². The van der Waals surface area contributed by atoms with Crippen LogP contribution in [0.15, 0.2) is 42.5 Å². The van der Waals surface area contributed by atoms with Crippen molar-refractivity contribution in [1.82, 2.24) is 0 Å². The van der Waals surface area contributed by atoms with E-state index >= 15 is 0 Å². The first-order valence-corrected chi connectivity index (χ1v) is 12.9. The van der Waals surface area contributed by atoms with Crippen LogP contribution in [0.2, 0.25) is 0 Å². The fourth-order valence-corrected chi connectivity index (χ4v) is 5.67. The van der Waals surface area contributed by atoms with Gasteiger partial charge in [0.05, 0.1) is 5.92 Å². The van der Waals surface area contributed by atoms with Crippen LogP contribution in [0.1, 0.15) is 74.0 Å². The Hall–Kier alpha value is -2.58. The van der Waals surface area contributed by atoms with Crippen LogP contribution >= 0.6 is 0 Å². The van der Waals surface area contributed by atoms with Crippen molar-refractivity contribution in [1.29, 1.82) is 0 Å². The lowest BCUT2D eigenvalue weighted by atomic mass is 9.77. The lowest BCUT2D eigenvalue weighted by Crippen LogP contribution is -2.37. The number of rotatable bonds is 6. The van der Waals surface area contributed by atoms with E-state index in [0.717, 1.165) is 36.8 Å². The maximum atomic E-state index is 14.7. The highest BCUT2D eigenvalue weighted by Crippen LogP contribution is 2.43. The normalized spacial score (nSPS) is 25.1. The van der Waals surface area contributed by atoms with Crippen molar-refractivity contribution in [2.45, 2.75) is 76.5 Å². The Labute approximate surface area is 216 Å². The molecule has 0 unspecified atom stereocenters. The molecule has 38 heavy (non-hydrogen) atoms. The zero-order valence-electron chi connectivity index (χ0n) is 20.9. The van der Waals surface area contributed by atoms with E-state index in [1.807, 2.05) is 19.1 Å². The minimum absolute atomic E-state index is 0.104. The number of alkyl halides is 5. The third-order valence-electron chi connectivity index (χ3n) is 7.82. The Balaban J connectivity index is 1.27. The average molecular weight is 547 g/mol. The molecule has 2 fully saturated rings. The number of allylic oxidation sites excluding steroid dienone is 2. The number of hydrogen-bond acceptors (Lipinski definition) is 1. The first-order valence-electron chi connectivity index (χ1n) is 12.9. The Bertz CT molecular complexity index is 1120. The summed E-state index contributed by atoms with van der Waals surface area (Å²) < 4.78 is 114. The Morgan fingerprint density at radius 1 is 0.711 bits per heavy atom. The molecular formula is C29H30F8O. The zero-order chi connectivity index (χ0) is 27.7.